The monoisotopic (exact) mass is 277 g/mol. The Morgan fingerprint density at radius 3 is 2.55 bits per heavy atom. The molecule has 0 radical (unpaired) electrons. The highest BCUT2D eigenvalue weighted by atomic mass is 16.4. The van der Waals surface area contributed by atoms with Gasteiger partial charge < -0.3 is 19.9 Å². The number of aliphatic carboxylic acids is 2. The van der Waals surface area contributed by atoms with Crippen molar-refractivity contribution in [2.75, 3.05) is 0 Å². The average molecular weight is 277 g/mol. The predicted molar refractivity (Wildman–Crippen MR) is 67.4 cm³/mol. The number of rotatable bonds is 5. The van der Waals surface area contributed by atoms with Crippen molar-refractivity contribution in [1.29, 1.82) is 0 Å². The molecular weight excluding hydrogens is 266 g/mol. The molecule has 0 aliphatic rings. The maximum Gasteiger partial charge on any atom is 0.326 e. The third-order valence-corrected chi connectivity index (χ3v) is 2.71. The van der Waals surface area contributed by atoms with E-state index >= 15 is 0 Å². The first-order valence-corrected chi connectivity index (χ1v) is 5.70. The standard InChI is InChI=1S/C13H11NO6/c15-11(16)5-9(13(18)19)14-12(17)8-6-20-10-4-2-1-3-7(8)10/h1-4,6,9H,5H2,(H,14,17)(H,15,16)(H,18,19)/t9-/m1/s1. The van der Waals surface area contributed by atoms with E-state index in [0.717, 1.165) is 0 Å². The van der Waals surface area contributed by atoms with Crippen molar-refractivity contribution in [2.45, 2.75) is 12.5 Å². The third-order valence-electron chi connectivity index (χ3n) is 2.71. The normalized spacial score (nSPS) is 12.0. The number of carbonyl (C=O) groups is 3. The number of para-hydroxylation sites is 1. The maximum atomic E-state index is 12.0. The van der Waals surface area contributed by atoms with Gasteiger partial charge in [-0.25, -0.2) is 4.79 Å². The van der Waals surface area contributed by atoms with Gasteiger partial charge in [-0.1, -0.05) is 18.2 Å². The minimum absolute atomic E-state index is 0.164. The molecule has 0 bridgehead atoms. The van der Waals surface area contributed by atoms with Crippen LogP contribution in [0.25, 0.3) is 11.0 Å². The molecule has 0 spiro atoms. The Kier molecular flexibility index (Phi) is 3.69. The highest BCUT2D eigenvalue weighted by Gasteiger charge is 2.25. The van der Waals surface area contributed by atoms with E-state index in [2.05, 4.69) is 5.32 Å². The second kappa shape index (κ2) is 5.43. The van der Waals surface area contributed by atoms with Gasteiger partial charge in [0.05, 0.1) is 12.0 Å². The van der Waals surface area contributed by atoms with Crippen LogP contribution in [0.1, 0.15) is 16.8 Å². The lowest BCUT2D eigenvalue weighted by Gasteiger charge is -2.11. The van der Waals surface area contributed by atoms with Gasteiger partial charge in [0.1, 0.15) is 17.9 Å². The van der Waals surface area contributed by atoms with Crippen molar-refractivity contribution in [3.63, 3.8) is 0 Å². The minimum atomic E-state index is -1.49. The highest BCUT2D eigenvalue weighted by molar-refractivity contribution is 6.07. The molecule has 0 fully saturated rings. The molecule has 1 aromatic carbocycles. The lowest BCUT2D eigenvalue weighted by molar-refractivity contribution is -0.145. The van der Waals surface area contributed by atoms with E-state index in [1.54, 1.807) is 24.3 Å². The fourth-order valence-electron chi connectivity index (χ4n) is 1.76. The van der Waals surface area contributed by atoms with Gasteiger partial charge >= 0.3 is 11.9 Å². The first kappa shape index (κ1) is 13.6. The number of carbonyl (C=O) groups excluding carboxylic acids is 1. The van der Waals surface area contributed by atoms with Crippen molar-refractivity contribution in [3.05, 3.63) is 36.1 Å². The zero-order valence-electron chi connectivity index (χ0n) is 10.2. The number of hydrogen-bond donors (Lipinski definition) is 3. The molecule has 1 atom stereocenters. The first-order chi connectivity index (χ1) is 9.49. The molecule has 1 amide bonds. The van der Waals surface area contributed by atoms with Gasteiger partial charge in [0.25, 0.3) is 5.91 Å². The molecular formula is C13H11NO6. The van der Waals surface area contributed by atoms with E-state index in [1.165, 1.54) is 6.26 Å². The van der Waals surface area contributed by atoms with Crippen LogP contribution in [0.4, 0.5) is 0 Å². The Morgan fingerprint density at radius 1 is 1.20 bits per heavy atom. The van der Waals surface area contributed by atoms with Crippen molar-refractivity contribution in [1.82, 2.24) is 5.32 Å². The van der Waals surface area contributed by atoms with Crippen LogP contribution in [0.2, 0.25) is 0 Å². The molecule has 0 aliphatic carbocycles. The van der Waals surface area contributed by atoms with Gasteiger partial charge in [-0.3, -0.25) is 9.59 Å². The summed E-state index contributed by atoms with van der Waals surface area (Å²) in [6.07, 6.45) is 0.510. The zero-order chi connectivity index (χ0) is 14.7. The van der Waals surface area contributed by atoms with Crippen LogP contribution < -0.4 is 5.32 Å². The van der Waals surface area contributed by atoms with Gasteiger partial charge in [-0.05, 0) is 6.07 Å². The van der Waals surface area contributed by atoms with Gasteiger partial charge in [0.2, 0.25) is 0 Å². The summed E-state index contributed by atoms with van der Waals surface area (Å²) in [4.78, 5) is 33.5. The Morgan fingerprint density at radius 2 is 1.90 bits per heavy atom. The van der Waals surface area contributed by atoms with E-state index in [0.29, 0.717) is 11.0 Å². The summed E-state index contributed by atoms with van der Waals surface area (Å²) >= 11 is 0. The summed E-state index contributed by atoms with van der Waals surface area (Å²) < 4.78 is 5.17. The molecule has 0 saturated carbocycles. The fraction of sp³-hybridized carbons (Fsp3) is 0.154. The summed E-state index contributed by atoms with van der Waals surface area (Å²) in [5, 5.41) is 20.2. The molecule has 0 unspecified atom stereocenters. The van der Waals surface area contributed by atoms with Crippen LogP contribution in [-0.2, 0) is 9.59 Å². The zero-order valence-corrected chi connectivity index (χ0v) is 10.2. The van der Waals surface area contributed by atoms with Crippen LogP contribution in [0.3, 0.4) is 0 Å². The number of hydrogen-bond acceptors (Lipinski definition) is 4. The van der Waals surface area contributed by atoms with E-state index in [-0.39, 0.29) is 5.56 Å². The second-order valence-electron chi connectivity index (χ2n) is 4.11. The Hall–Kier alpha value is -2.83. The van der Waals surface area contributed by atoms with Crippen LogP contribution in [0.5, 0.6) is 0 Å². The molecule has 20 heavy (non-hydrogen) atoms. The van der Waals surface area contributed by atoms with Crippen molar-refractivity contribution in [3.8, 4) is 0 Å². The van der Waals surface area contributed by atoms with Crippen LogP contribution in [0.15, 0.2) is 34.9 Å². The largest absolute Gasteiger partial charge is 0.481 e. The summed E-state index contributed by atoms with van der Waals surface area (Å²) in [6.45, 7) is 0. The smallest absolute Gasteiger partial charge is 0.326 e. The van der Waals surface area contributed by atoms with Crippen molar-refractivity contribution < 1.29 is 29.0 Å². The molecule has 1 aromatic heterocycles. The number of fused-ring (bicyclic) bond motifs is 1. The highest BCUT2D eigenvalue weighted by Crippen LogP contribution is 2.20. The van der Waals surface area contributed by atoms with E-state index in [4.69, 9.17) is 14.6 Å². The summed E-state index contributed by atoms with van der Waals surface area (Å²) in [7, 11) is 0. The summed E-state index contributed by atoms with van der Waals surface area (Å²) in [5.41, 5.74) is 0.653. The number of benzene rings is 1. The summed E-state index contributed by atoms with van der Waals surface area (Å²) in [6, 6.07) is 5.27. The molecule has 0 saturated heterocycles. The molecule has 7 heteroatoms. The van der Waals surface area contributed by atoms with Gasteiger partial charge in [0.15, 0.2) is 0 Å². The van der Waals surface area contributed by atoms with Crippen molar-refractivity contribution in [2.24, 2.45) is 0 Å². The SMILES string of the molecule is O=C(O)C[C@@H](NC(=O)c1coc2ccccc12)C(=O)O. The Labute approximate surface area is 112 Å². The predicted octanol–water partition coefficient (Wildman–Crippen LogP) is 1.09. The number of furan rings is 1. The molecule has 2 rings (SSSR count). The lowest BCUT2D eigenvalue weighted by Crippen LogP contribution is -2.42. The number of carboxylic acid groups (broad SMARTS) is 2. The molecule has 7 nitrogen and oxygen atoms in total. The molecule has 1 heterocycles. The molecule has 3 N–H and O–H groups in total. The van der Waals surface area contributed by atoms with Gasteiger partial charge in [-0.15, -0.1) is 0 Å². The number of nitrogens with one attached hydrogen (secondary N) is 1. The van der Waals surface area contributed by atoms with Crippen LogP contribution in [0, 0.1) is 0 Å². The number of carboxylic acids is 2. The van der Waals surface area contributed by atoms with Crippen molar-refractivity contribution >= 4 is 28.8 Å². The van der Waals surface area contributed by atoms with Crippen LogP contribution >= 0.6 is 0 Å². The third kappa shape index (κ3) is 2.77. The quantitative estimate of drug-likeness (QED) is 0.753. The fourth-order valence-corrected chi connectivity index (χ4v) is 1.76. The molecule has 0 aliphatic heterocycles. The maximum absolute atomic E-state index is 12.0. The molecule has 104 valence electrons. The van der Waals surface area contributed by atoms with Crippen LogP contribution in [-0.4, -0.2) is 34.1 Å². The van der Waals surface area contributed by atoms with Gasteiger partial charge in [0, 0.05) is 5.39 Å². The topological polar surface area (TPSA) is 117 Å². The van der Waals surface area contributed by atoms with E-state index in [9.17, 15) is 14.4 Å². The Bertz CT molecular complexity index is 674. The lowest BCUT2D eigenvalue weighted by atomic mass is 10.1. The average Bonchev–Trinajstić information content (AvgIpc) is 2.81. The van der Waals surface area contributed by atoms with E-state index in [1.807, 2.05) is 0 Å². The van der Waals surface area contributed by atoms with E-state index < -0.39 is 30.3 Å². The number of amides is 1. The van der Waals surface area contributed by atoms with Gasteiger partial charge in [-0.2, -0.15) is 0 Å². The minimum Gasteiger partial charge on any atom is -0.481 e. The second-order valence-corrected chi connectivity index (χ2v) is 4.11. The first-order valence-electron chi connectivity index (χ1n) is 5.70. The summed E-state index contributed by atoms with van der Waals surface area (Å²) in [5.74, 6) is -3.41. The molecule has 2 aromatic rings. The Balaban J connectivity index is 2.22.